The molecule has 0 saturated carbocycles. The Balaban J connectivity index is 0. The minimum atomic E-state index is -1.42. The van der Waals surface area contributed by atoms with Crippen molar-refractivity contribution in [2.75, 3.05) is 0 Å². The molecule has 0 fully saturated rings. The van der Waals surface area contributed by atoms with Crippen molar-refractivity contribution >= 4 is 16.5 Å². The van der Waals surface area contributed by atoms with Crippen molar-refractivity contribution in [2.24, 2.45) is 0 Å². The van der Waals surface area contributed by atoms with Gasteiger partial charge in [-0.15, -0.1) is 0 Å². The molecule has 0 aromatic rings. The zero-order valence-electron chi connectivity index (χ0n) is 7.86. The topological polar surface area (TPSA) is 14.1 Å². The van der Waals surface area contributed by atoms with Gasteiger partial charge in [-0.1, -0.05) is 0 Å². The van der Waals surface area contributed by atoms with Crippen LogP contribution in [0.2, 0.25) is 26.2 Å². The fraction of sp³-hybridized carbons (Fsp3) is 0.667. The molecule has 0 heterocycles. The minimum absolute atomic E-state index is 0. The fourth-order valence-electron chi connectivity index (χ4n) is 0.819. The van der Waals surface area contributed by atoms with Crippen molar-refractivity contribution in [3.63, 3.8) is 0 Å². The molecule has 0 atom stereocenters. The number of hydrogen-bond donors (Lipinski definition) is 0. The first-order chi connectivity index (χ1) is 3.71. The van der Waals surface area contributed by atoms with E-state index in [2.05, 4.69) is 43.9 Å². The van der Waals surface area contributed by atoms with Crippen LogP contribution in [0.25, 0.3) is 4.65 Å². The number of hydrogen-bond acceptors (Lipinski definition) is 0. The van der Waals surface area contributed by atoms with Gasteiger partial charge in [0.15, 0.2) is 16.5 Å². The van der Waals surface area contributed by atoms with Gasteiger partial charge in [-0.05, 0) is 39.3 Å². The molecule has 0 aliphatic rings. The van der Waals surface area contributed by atoms with Gasteiger partial charge in [-0.2, -0.15) is 0 Å². The summed E-state index contributed by atoms with van der Waals surface area (Å²) in [6.07, 6.45) is 0. The SMILES string of the molecule is [CH2+][Si](C)(C)[N-][Si]([CH2+])(C)C.[K+]. The third kappa shape index (κ3) is 12.4. The molecule has 0 aliphatic carbocycles. The quantitative estimate of drug-likeness (QED) is 0.419. The summed E-state index contributed by atoms with van der Waals surface area (Å²) in [5, 5.41) is 0. The van der Waals surface area contributed by atoms with Crippen LogP contribution in [0.15, 0.2) is 0 Å². The summed E-state index contributed by atoms with van der Waals surface area (Å²) in [4.78, 5) is 0. The molecule has 10 heavy (non-hydrogen) atoms. The molecule has 0 aromatic heterocycles. The van der Waals surface area contributed by atoms with Crippen LogP contribution in [0.1, 0.15) is 0 Å². The molecule has 0 bridgehead atoms. The third-order valence-electron chi connectivity index (χ3n) is 0.605. The van der Waals surface area contributed by atoms with Gasteiger partial charge in [-0.3, -0.25) is 0 Å². The summed E-state index contributed by atoms with van der Waals surface area (Å²) >= 11 is 0. The molecule has 0 radical (unpaired) electrons. The maximum Gasteiger partial charge on any atom is 1.00 e. The average Bonchev–Trinajstić information content (AvgIpc) is 1.14. The molecule has 1 nitrogen and oxygen atoms in total. The Morgan fingerprint density at radius 3 is 1.10 bits per heavy atom. The van der Waals surface area contributed by atoms with Crippen molar-refractivity contribution in [3.05, 3.63) is 17.7 Å². The maximum atomic E-state index is 4.60. The van der Waals surface area contributed by atoms with Crippen LogP contribution in [0.3, 0.4) is 0 Å². The summed E-state index contributed by atoms with van der Waals surface area (Å²) in [7, 11) is -2.84. The zero-order valence-corrected chi connectivity index (χ0v) is 13.0. The molecule has 0 saturated heterocycles. The molecular weight excluding hydrogens is 181 g/mol. The van der Waals surface area contributed by atoms with Crippen molar-refractivity contribution in [1.82, 2.24) is 0 Å². The molecule has 0 N–H and O–H groups in total. The van der Waals surface area contributed by atoms with Crippen LogP contribution in [0.5, 0.6) is 0 Å². The average molecular weight is 197 g/mol. The summed E-state index contributed by atoms with van der Waals surface area (Å²) in [6, 6.07) is 0. The molecular formula is C6H16KNSi2+2. The Morgan fingerprint density at radius 1 is 0.900 bits per heavy atom. The van der Waals surface area contributed by atoms with E-state index in [4.69, 9.17) is 0 Å². The van der Waals surface area contributed by atoms with E-state index >= 15 is 0 Å². The van der Waals surface area contributed by atoms with E-state index < -0.39 is 16.5 Å². The largest absolute Gasteiger partial charge is 1.00 e. The number of nitrogens with zero attached hydrogens (tertiary/aromatic N) is 1. The monoisotopic (exact) mass is 197 g/mol. The molecule has 0 unspecified atom stereocenters. The van der Waals surface area contributed by atoms with Gasteiger partial charge >= 0.3 is 51.4 Å². The van der Waals surface area contributed by atoms with Crippen LogP contribution in [-0.2, 0) is 0 Å². The normalized spacial score (nSPS) is 12.4. The van der Waals surface area contributed by atoms with Crippen molar-refractivity contribution in [3.8, 4) is 0 Å². The van der Waals surface area contributed by atoms with Gasteiger partial charge in [-0.25, -0.2) is 0 Å². The Morgan fingerprint density at radius 2 is 1.10 bits per heavy atom. The zero-order chi connectivity index (χ0) is 7.71. The predicted octanol–water partition coefficient (Wildman–Crippen LogP) is -0.479. The third-order valence-corrected chi connectivity index (χ3v) is 5.45. The summed E-state index contributed by atoms with van der Waals surface area (Å²) in [6.45, 7) is 16.6. The van der Waals surface area contributed by atoms with E-state index in [9.17, 15) is 0 Å². The fourth-order valence-corrected chi connectivity index (χ4v) is 7.37. The Bertz CT molecular complexity index is 80.9. The van der Waals surface area contributed by atoms with Crippen molar-refractivity contribution in [1.29, 1.82) is 0 Å². The van der Waals surface area contributed by atoms with Crippen LogP contribution in [-0.4, -0.2) is 16.5 Å². The predicted molar refractivity (Wildman–Crippen MR) is 49.0 cm³/mol. The van der Waals surface area contributed by atoms with Gasteiger partial charge in [0.25, 0.3) is 0 Å². The molecule has 0 aromatic carbocycles. The molecule has 0 aliphatic heterocycles. The molecule has 0 spiro atoms. The van der Waals surface area contributed by atoms with Gasteiger partial charge in [0.05, 0.1) is 0 Å². The Kier molecular flexibility index (Phi) is 6.74. The van der Waals surface area contributed by atoms with Crippen molar-refractivity contribution in [2.45, 2.75) is 26.2 Å². The van der Waals surface area contributed by atoms with E-state index in [0.29, 0.717) is 0 Å². The van der Waals surface area contributed by atoms with Gasteiger partial charge < -0.3 is 4.65 Å². The summed E-state index contributed by atoms with van der Waals surface area (Å²) < 4.78 is 4.60. The van der Waals surface area contributed by atoms with Crippen LogP contribution < -0.4 is 51.4 Å². The second kappa shape index (κ2) is 4.71. The van der Waals surface area contributed by atoms with Gasteiger partial charge in [0.2, 0.25) is 0 Å². The minimum Gasteiger partial charge on any atom is -0.587 e. The smallest absolute Gasteiger partial charge is 0.587 e. The molecule has 4 heteroatoms. The van der Waals surface area contributed by atoms with E-state index in [1.165, 1.54) is 0 Å². The first kappa shape index (κ1) is 14.3. The maximum absolute atomic E-state index is 4.60. The second-order valence-electron chi connectivity index (χ2n) is 3.74. The first-order valence-corrected chi connectivity index (χ1v) is 9.46. The van der Waals surface area contributed by atoms with Crippen LogP contribution >= 0.6 is 0 Å². The second-order valence-corrected chi connectivity index (χ2v) is 11.9. The molecule has 0 amide bonds. The molecule has 52 valence electrons. The van der Waals surface area contributed by atoms with Crippen molar-refractivity contribution < 1.29 is 51.4 Å². The van der Waals surface area contributed by atoms with Crippen LogP contribution in [0.4, 0.5) is 0 Å². The standard InChI is InChI=1S/C6H16NSi2.K/c1-8(2,3)7-9(4,5)6;/h1,4H2,2-3,5-6H3;/q2*+1. The summed E-state index contributed by atoms with van der Waals surface area (Å²) in [5.41, 5.74) is 0. The van der Waals surface area contributed by atoms with Crippen LogP contribution in [0, 0.1) is 13.1 Å². The number of rotatable bonds is 2. The van der Waals surface area contributed by atoms with Gasteiger partial charge in [0, 0.05) is 0 Å². The Labute approximate surface area is 110 Å². The summed E-state index contributed by atoms with van der Waals surface area (Å²) in [5.74, 6) is 0. The molecule has 0 rings (SSSR count). The van der Waals surface area contributed by atoms with E-state index in [-0.39, 0.29) is 51.4 Å². The van der Waals surface area contributed by atoms with E-state index in [1.54, 1.807) is 0 Å². The van der Waals surface area contributed by atoms with E-state index in [1.807, 2.05) is 0 Å². The van der Waals surface area contributed by atoms with E-state index in [0.717, 1.165) is 0 Å². The first-order valence-electron chi connectivity index (χ1n) is 3.15. The van der Waals surface area contributed by atoms with Gasteiger partial charge in [0.1, 0.15) is 0 Å². The Hall–Kier alpha value is 1.77.